The number of rotatable bonds is 4. The summed E-state index contributed by atoms with van der Waals surface area (Å²) in [5.41, 5.74) is 0.163. The van der Waals surface area contributed by atoms with Gasteiger partial charge in [-0.15, -0.1) is 0 Å². The number of hydrogen-bond donors (Lipinski definition) is 1. The minimum absolute atomic E-state index is 0.0964. The molecule has 0 saturated carbocycles. The van der Waals surface area contributed by atoms with Crippen LogP contribution in [0, 0.1) is 5.82 Å². The van der Waals surface area contributed by atoms with Crippen molar-refractivity contribution in [2.45, 2.75) is 6.92 Å². The van der Waals surface area contributed by atoms with Gasteiger partial charge in [-0.3, -0.25) is 4.79 Å². The molecule has 5 nitrogen and oxygen atoms in total. The van der Waals surface area contributed by atoms with E-state index in [1.165, 1.54) is 36.5 Å². The third kappa shape index (κ3) is 3.62. The van der Waals surface area contributed by atoms with Crippen LogP contribution in [0.5, 0.6) is 0 Å². The van der Waals surface area contributed by atoms with E-state index in [-0.39, 0.29) is 23.6 Å². The topological polar surface area (TPSA) is 68.3 Å². The van der Waals surface area contributed by atoms with Gasteiger partial charge in [0.2, 0.25) is 0 Å². The lowest BCUT2D eigenvalue weighted by molar-refractivity contribution is 0.0526. The Morgan fingerprint density at radius 1 is 1.29 bits per heavy atom. The minimum atomic E-state index is -0.637. The van der Waals surface area contributed by atoms with E-state index in [0.717, 1.165) is 0 Å². The predicted molar refractivity (Wildman–Crippen MR) is 74.5 cm³/mol. The Bertz CT molecular complexity index is 673. The maximum absolute atomic E-state index is 13.5. The zero-order valence-electron chi connectivity index (χ0n) is 11.3. The van der Waals surface area contributed by atoms with E-state index in [4.69, 9.17) is 4.74 Å². The number of halogens is 1. The average molecular weight is 288 g/mol. The van der Waals surface area contributed by atoms with Gasteiger partial charge in [0.05, 0.1) is 17.7 Å². The summed E-state index contributed by atoms with van der Waals surface area (Å²) in [5, 5.41) is 2.44. The first-order valence-electron chi connectivity index (χ1n) is 6.31. The van der Waals surface area contributed by atoms with Gasteiger partial charge < -0.3 is 10.1 Å². The lowest BCUT2D eigenvalue weighted by atomic mass is 10.2. The highest BCUT2D eigenvalue weighted by Crippen LogP contribution is 2.12. The zero-order valence-corrected chi connectivity index (χ0v) is 11.3. The van der Waals surface area contributed by atoms with Gasteiger partial charge in [-0.1, -0.05) is 12.1 Å². The third-order valence-electron chi connectivity index (χ3n) is 2.63. The summed E-state index contributed by atoms with van der Waals surface area (Å²) in [6, 6.07) is 8.44. The van der Waals surface area contributed by atoms with Crippen molar-refractivity contribution in [3.05, 3.63) is 59.5 Å². The van der Waals surface area contributed by atoms with E-state index in [0.29, 0.717) is 0 Å². The maximum atomic E-state index is 13.5. The van der Waals surface area contributed by atoms with Gasteiger partial charge in [-0.2, -0.15) is 0 Å². The Labute approximate surface area is 120 Å². The van der Waals surface area contributed by atoms with Gasteiger partial charge in [0, 0.05) is 6.20 Å². The van der Waals surface area contributed by atoms with E-state index in [1.54, 1.807) is 13.0 Å². The van der Waals surface area contributed by atoms with Crippen molar-refractivity contribution in [2.24, 2.45) is 0 Å². The molecule has 0 fully saturated rings. The van der Waals surface area contributed by atoms with Crippen molar-refractivity contribution in [1.29, 1.82) is 0 Å². The van der Waals surface area contributed by atoms with E-state index in [9.17, 15) is 14.0 Å². The SMILES string of the molecule is CCOC(=O)c1ccnc(NC(=O)c2ccccc2F)c1. The molecule has 1 heterocycles. The van der Waals surface area contributed by atoms with Crippen molar-refractivity contribution in [3.63, 3.8) is 0 Å². The normalized spacial score (nSPS) is 10.0. The van der Waals surface area contributed by atoms with Crippen LogP contribution in [0.4, 0.5) is 10.2 Å². The summed E-state index contributed by atoms with van der Waals surface area (Å²) in [6.45, 7) is 1.94. The minimum Gasteiger partial charge on any atom is -0.462 e. The van der Waals surface area contributed by atoms with Crippen molar-refractivity contribution in [1.82, 2.24) is 4.98 Å². The number of nitrogens with one attached hydrogen (secondary N) is 1. The zero-order chi connectivity index (χ0) is 15.2. The fraction of sp³-hybridized carbons (Fsp3) is 0.133. The van der Waals surface area contributed by atoms with Gasteiger partial charge in [0.15, 0.2) is 0 Å². The van der Waals surface area contributed by atoms with Crippen LogP contribution >= 0.6 is 0 Å². The highest BCUT2D eigenvalue weighted by Gasteiger charge is 2.13. The van der Waals surface area contributed by atoms with Crippen LogP contribution in [0.3, 0.4) is 0 Å². The second-order valence-corrected chi connectivity index (χ2v) is 4.08. The maximum Gasteiger partial charge on any atom is 0.338 e. The van der Waals surface area contributed by atoms with Crippen LogP contribution in [-0.4, -0.2) is 23.5 Å². The number of carbonyl (C=O) groups excluding carboxylic acids is 2. The number of carbonyl (C=O) groups is 2. The quantitative estimate of drug-likeness (QED) is 0.878. The number of pyridine rings is 1. The second-order valence-electron chi connectivity index (χ2n) is 4.08. The van der Waals surface area contributed by atoms with Gasteiger partial charge >= 0.3 is 5.97 Å². The van der Waals surface area contributed by atoms with Gasteiger partial charge in [0.25, 0.3) is 5.91 Å². The summed E-state index contributed by atoms with van der Waals surface area (Å²) >= 11 is 0. The molecule has 1 N–H and O–H groups in total. The van der Waals surface area contributed by atoms with Crippen LogP contribution in [0.2, 0.25) is 0 Å². The predicted octanol–water partition coefficient (Wildman–Crippen LogP) is 2.65. The smallest absolute Gasteiger partial charge is 0.338 e. The first-order chi connectivity index (χ1) is 10.1. The van der Waals surface area contributed by atoms with E-state index < -0.39 is 17.7 Å². The van der Waals surface area contributed by atoms with Crippen molar-refractivity contribution >= 4 is 17.7 Å². The molecule has 0 saturated heterocycles. The molecule has 0 unspecified atom stereocenters. The molecule has 0 aliphatic rings. The molecule has 108 valence electrons. The van der Waals surface area contributed by atoms with Crippen molar-refractivity contribution in [3.8, 4) is 0 Å². The molecule has 0 spiro atoms. The number of amides is 1. The third-order valence-corrected chi connectivity index (χ3v) is 2.63. The highest BCUT2D eigenvalue weighted by atomic mass is 19.1. The summed E-state index contributed by atoms with van der Waals surface area (Å²) in [4.78, 5) is 27.4. The van der Waals surface area contributed by atoms with E-state index in [2.05, 4.69) is 10.3 Å². The Morgan fingerprint density at radius 2 is 2.05 bits per heavy atom. The summed E-state index contributed by atoms with van der Waals surface area (Å²) in [6.07, 6.45) is 1.36. The van der Waals surface area contributed by atoms with Crippen LogP contribution in [0.25, 0.3) is 0 Å². The first-order valence-corrected chi connectivity index (χ1v) is 6.31. The molecule has 0 radical (unpaired) electrons. The number of nitrogens with zero attached hydrogens (tertiary/aromatic N) is 1. The number of aromatic nitrogens is 1. The molecule has 2 aromatic rings. The number of anilines is 1. The van der Waals surface area contributed by atoms with Gasteiger partial charge in [0.1, 0.15) is 11.6 Å². The van der Waals surface area contributed by atoms with Crippen LogP contribution in [0.1, 0.15) is 27.6 Å². The molecule has 0 atom stereocenters. The van der Waals surface area contributed by atoms with Gasteiger partial charge in [-0.25, -0.2) is 14.2 Å². The number of hydrogen-bond acceptors (Lipinski definition) is 4. The van der Waals surface area contributed by atoms with Crippen LogP contribution in [-0.2, 0) is 4.74 Å². The Hall–Kier alpha value is -2.76. The number of benzene rings is 1. The molecule has 1 aromatic carbocycles. The summed E-state index contributed by atoms with van der Waals surface area (Å²) in [7, 11) is 0. The molecular formula is C15H13FN2O3. The Balaban J connectivity index is 2.17. The number of ether oxygens (including phenoxy) is 1. The summed E-state index contributed by atoms with van der Waals surface area (Å²) in [5.74, 6) is -1.63. The second kappa shape index (κ2) is 6.60. The largest absolute Gasteiger partial charge is 0.462 e. The fourth-order valence-electron chi connectivity index (χ4n) is 1.67. The molecule has 0 aliphatic carbocycles. The molecule has 1 amide bonds. The average Bonchev–Trinajstić information content (AvgIpc) is 2.48. The van der Waals surface area contributed by atoms with Crippen LogP contribution in [0.15, 0.2) is 42.6 Å². The van der Waals surface area contributed by atoms with Gasteiger partial charge in [-0.05, 0) is 31.2 Å². The first kappa shape index (κ1) is 14.6. The molecule has 6 heteroatoms. The molecule has 0 bridgehead atoms. The molecule has 1 aromatic heterocycles. The lowest BCUT2D eigenvalue weighted by Gasteiger charge is -2.07. The van der Waals surface area contributed by atoms with Crippen molar-refractivity contribution in [2.75, 3.05) is 11.9 Å². The van der Waals surface area contributed by atoms with Crippen molar-refractivity contribution < 1.29 is 18.7 Å². The number of esters is 1. The molecule has 0 aliphatic heterocycles. The van der Waals surface area contributed by atoms with Crippen LogP contribution < -0.4 is 5.32 Å². The molecular weight excluding hydrogens is 275 g/mol. The molecule has 21 heavy (non-hydrogen) atoms. The standard InChI is InChI=1S/C15H13FN2O3/c1-2-21-15(20)10-7-8-17-13(9-10)18-14(19)11-5-3-4-6-12(11)16/h3-9H,2H2,1H3,(H,17,18,19). The Morgan fingerprint density at radius 3 is 2.76 bits per heavy atom. The van der Waals surface area contributed by atoms with E-state index >= 15 is 0 Å². The highest BCUT2D eigenvalue weighted by molar-refractivity contribution is 6.04. The molecule has 2 rings (SSSR count). The van der Waals surface area contributed by atoms with E-state index in [1.807, 2.05) is 0 Å². The Kier molecular flexibility index (Phi) is 4.61. The fourth-order valence-corrected chi connectivity index (χ4v) is 1.67. The monoisotopic (exact) mass is 288 g/mol. The summed E-state index contributed by atoms with van der Waals surface area (Å²) < 4.78 is 18.3. The lowest BCUT2D eigenvalue weighted by Crippen LogP contribution is -2.15.